The van der Waals surface area contributed by atoms with E-state index in [1.54, 1.807) is 4.90 Å². The quantitative estimate of drug-likeness (QED) is 0.701. The van der Waals surface area contributed by atoms with Crippen LogP contribution in [0.5, 0.6) is 0 Å². The molecule has 0 aromatic heterocycles. The molecular formula is C11H21N3O4. The van der Waals surface area contributed by atoms with Crippen LogP contribution in [-0.4, -0.2) is 65.5 Å². The molecule has 104 valence electrons. The molecule has 0 aromatic rings. The second-order valence-corrected chi connectivity index (χ2v) is 3.93. The van der Waals surface area contributed by atoms with E-state index in [0.717, 1.165) is 0 Å². The highest BCUT2D eigenvalue weighted by atomic mass is 16.4. The number of urea groups is 1. The van der Waals surface area contributed by atoms with Gasteiger partial charge in [0.2, 0.25) is 5.91 Å². The van der Waals surface area contributed by atoms with E-state index >= 15 is 0 Å². The number of carbonyl (C=O) groups excluding carboxylic acids is 2. The van der Waals surface area contributed by atoms with Crippen LogP contribution in [0, 0.1) is 0 Å². The number of carboxylic acid groups (broad SMARTS) is 1. The summed E-state index contributed by atoms with van der Waals surface area (Å²) in [5, 5.41) is 10.9. The summed E-state index contributed by atoms with van der Waals surface area (Å²) in [4.78, 5) is 36.6. The molecule has 1 atom stereocenters. The fraction of sp³-hybridized carbons (Fsp3) is 0.727. The number of rotatable bonds is 6. The summed E-state index contributed by atoms with van der Waals surface area (Å²) in [5.41, 5.74) is 0. The van der Waals surface area contributed by atoms with Gasteiger partial charge in [0, 0.05) is 20.1 Å². The number of carbonyl (C=O) groups is 3. The maximum atomic E-state index is 11.7. The largest absolute Gasteiger partial charge is 0.480 e. The van der Waals surface area contributed by atoms with E-state index in [-0.39, 0.29) is 12.5 Å². The van der Waals surface area contributed by atoms with E-state index in [1.807, 2.05) is 13.8 Å². The van der Waals surface area contributed by atoms with Crippen LogP contribution in [0.25, 0.3) is 0 Å². The van der Waals surface area contributed by atoms with Crippen LogP contribution in [0.3, 0.4) is 0 Å². The number of amides is 3. The molecule has 0 aliphatic rings. The molecule has 7 nitrogen and oxygen atoms in total. The molecule has 0 saturated carbocycles. The summed E-state index contributed by atoms with van der Waals surface area (Å²) < 4.78 is 0. The molecule has 0 spiro atoms. The van der Waals surface area contributed by atoms with E-state index in [1.165, 1.54) is 18.9 Å². The third kappa shape index (κ3) is 5.03. The Morgan fingerprint density at radius 2 is 1.72 bits per heavy atom. The van der Waals surface area contributed by atoms with Gasteiger partial charge in [0.05, 0.1) is 0 Å². The second kappa shape index (κ2) is 7.52. The molecule has 0 aliphatic carbocycles. The zero-order chi connectivity index (χ0) is 14.3. The van der Waals surface area contributed by atoms with Crippen molar-refractivity contribution in [1.29, 1.82) is 0 Å². The molecule has 0 aromatic carbocycles. The summed E-state index contributed by atoms with van der Waals surface area (Å²) in [6.45, 7) is 6.16. The summed E-state index contributed by atoms with van der Waals surface area (Å²) >= 11 is 0. The molecule has 18 heavy (non-hydrogen) atoms. The predicted octanol–water partition coefficient (Wildman–Crippen LogP) is -0.0307. The number of hydrogen-bond donors (Lipinski definition) is 2. The van der Waals surface area contributed by atoms with Crippen molar-refractivity contribution in [1.82, 2.24) is 15.1 Å². The molecule has 0 radical (unpaired) electrons. The summed E-state index contributed by atoms with van der Waals surface area (Å²) in [6, 6.07) is -1.56. The van der Waals surface area contributed by atoms with Crippen LogP contribution in [-0.2, 0) is 9.59 Å². The van der Waals surface area contributed by atoms with Crippen LogP contribution in [0.1, 0.15) is 20.8 Å². The molecule has 0 rings (SSSR count). The van der Waals surface area contributed by atoms with Crippen LogP contribution in [0.2, 0.25) is 0 Å². The number of aliphatic carboxylic acids is 1. The normalized spacial score (nSPS) is 11.6. The minimum absolute atomic E-state index is 0.0696. The van der Waals surface area contributed by atoms with Gasteiger partial charge in [0.15, 0.2) is 0 Å². The van der Waals surface area contributed by atoms with Crippen molar-refractivity contribution in [3.8, 4) is 0 Å². The first kappa shape index (κ1) is 16.2. The lowest BCUT2D eigenvalue weighted by molar-refractivity contribution is -0.138. The monoisotopic (exact) mass is 259 g/mol. The van der Waals surface area contributed by atoms with Crippen LogP contribution >= 0.6 is 0 Å². The number of nitrogens with one attached hydrogen (secondary N) is 1. The van der Waals surface area contributed by atoms with Gasteiger partial charge in [-0.2, -0.15) is 0 Å². The maximum Gasteiger partial charge on any atom is 0.325 e. The van der Waals surface area contributed by atoms with E-state index in [0.29, 0.717) is 13.1 Å². The lowest BCUT2D eigenvalue weighted by Crippen LogP contribution is -2.48. The van der Waals surface area contributed by atoms with Crippen LogP contribution in [0.4, 0.5) is 4.79 Å². The summed E-state index contributed by atoms with van der Waals surface area (Å²) in [5.74, 6) is -1.28. The van der Waals surface area contributed by atoms with Gasteiger partial charge >= 0.3 is 12.0 Å². The van der Waals surface area contributed by atoms with Crippen molar-refractivity contribution in [2.24, 2.45) is 0 Å². The zero-order valence-electron chi connectivity index (χ0n) is 11.3. The third-order valence-corrected chi connectivity index (χ3v) is 2.55. The number of hydrogen-bond acceptors (Lipinski definition) is 3. The van der Waals surface area contributed by atoms with Crippen molar-refractivity contribution in [2.45, 2.75) is 26.8 Å². The van der Waals surface area contributed by atoms with Gasteiger partial charge in [-0.25, -0.2) is 4.79 Å². The van der Waals surface area contributed by atoms with E-state index < -0.39 is 18.0 Å². The Morgan fingerprint density at radius 1 is 1.22 bits per heavy atom. The smallest absolute Gasteiger partial charge is 0.325 e. The molecule has 0 aliphatic heterocycles. The molecule has 1 unspecified atom stereocenters. The van der Waals surface area contributed by atoms with Gasteiger partial charge in [0.25, 0.3) is 0 Å². The zero-order valence-corrected chi connectivity index (χ0v) is 11.3. The second-order valence-electron chi connectivity index (χ2n) is 3.93. The number of nitrogens with zero attached hydrogens (tertiary/aromatic N) is 2. The highest BCUT2D eigenvalue weighted by Gasteiger charge is 2.19. The van der Waals surface area contributed by atoms with Gasteiger partial charge in [0.1, 0.15) is 12.6 Å². The molecule has 0 fully saturated rings. The summed E-state index contributed by atoms with van der Waals surface area (Å²) in [6.07, 6.45) is 0. The Labute approximate surface area is 107 Å². The van der Waals surface area contributed by atoms with Crippen molar-refractivity contribution in [2.75, 3.05) is 26.7 Å². The Kier molecular flexibility index (Phi) is 6.77. The molecule has 2 N–H and O–H groups in total. The minimum atomic E-state index is -1.12. The standard InChI is InChI=1S/C11H21N3O4/c1-5-14(6-2)9(15)7-13(4)11(18)12-8(3)10(16)17/h8H,5-7H2,1-4H3,(H,12,18)(H,16,17). The fourth-order valence-electron chi connectivity index (χ4n) is 1.31. The van der Waals surface area contributed by atoms with Gasteiger partial charge in [-0.3, -0.25) is 9.59 Å². The van der Waals surface area contributed by atoms with Gasteiger partial charge in [-0.1, -0.05) is 0 Å². The summed E-state index contributed by atoms with van der Waals surface area (Å²) in [7, 11) is 1.45. The Bertz CT molecular complexity index is 315. The van der Waals surface area contributed by atoms with Crippen molar-refractivity contribution in [3.05, 3.63) is 0 Å². The number of carboxylic acids is 1. The Hall–Kier alpha value is -1.79. The minimum Gasteiger partial charge on any atom is -0.480 e. The van der Waals surface area contributed by atoms with Gasteiger partial charge in [-0.05, 0) is 20.8 Å². The number of likely N-dealkylation sites (N-methyl/N-ethyl adjacent to an activating group) is 2. The Morgan fingerprint density at radius 3 is 2.11 bits per heavy atom. The lowest BCUT2D eigenvalue weighted by Gasteiger charge is -2.24. The lowest BCUT2D eigenvalue weighted by atomic mass is 10.3. The highest BCUT2D eigenvalue weighted by molar-refractivity contribution is 5.86. The highest BCUT2D eigenvalue weighted by Crippen LogP contribution is 1.94. The van der Waals surface area contributed by atoms with E-state index in [9.17, 15) is 14.4 Å². The van der Waals surface area contributed by atoms with Gasteiger partial charge in [-0.15, -0.1) is 0 Å². The van der Waals surface area contributed by atoms with Crippen LogP contribution < -0.4 is 5.32 Å². The first-order chi connectivity index (χ1) is 8.33. The SMILES string of the molecule is CCN(CC)C(=O)CN(C)C(=O)NC(C)C(=O)O. The first-order valence-electron chi connectivity index (χ1n) is 5.85. The molecular weight excluding hydrogens is 238 g/mol. The van der Waals surface area contributed by atoms with Crippen molar-refractivity contribution < 1.29 is 19.5 Å². The molecule has 0 saturated heterocycles. The molecule has 0 heterocycles. The third-order valence-electron chi connectivity index (χ3n) is 2.55. The average molecular weight is 259 g/mol. The molecule has 7 heteroatoms. The molecule has 0 bridgehead atoms. The van der Waals surface area contributed by atoms with Crippen LogP contribution in [0.15, 0.2) is 0 Å². The maximum absolute atomic E-state index is 11.7. The molecule has 3 amide bonds. The topological polar surface area (TPSA) is 90.0 Å². The van der Waals surface area contributed by atoms with Crippen molar-refractivity contribution >= 4 is 17.9 Å². The first-order valence-corrected chi connectivity index (χ1v) is 5.85. The van der Waals surface area contributed by atoms with E-state index in [2.05, 4.69) is 5.32 Å². The average Bonchev–Trinajstić information content (AvgIpc) is 2.29. The van der Waals surface area contributed by atoms with Crippen molar-refractivity contribution in [3.63, 3.8) is 0 Å². The Balaban J connectivity index is 4.31. The fourth-order valence-corrected chi connectivity index (χ4v) is 1.31. The predicted molar refractivity (Wildman–Crippen MR) is 66.2 cm³/mol. The van der Waals surface area contributed by atoms with E-state index in [4.69, 9.17) is 5.11 Å². The van der Waals surface area contributed by atoms with Gasteiger partial charge < -0.3 is 20.2 Å².